The second-order valence-electron chi connectivity index (χ2n) is 5.88. The van der Waals surface area contributed by atoms with Crippen molar-refractivity contribution in [3.8, 4) is 0 Å². The van der Waals surface area contributed by atoms with Crippen LogP contribution in [0, 0.1) is 0 Å². The number of H-pyrrole nitrogens is 1. The first-order valence-corrected chi connectivity index (χ1v) is 10.5. The number of phosphoric ester groups is 1. The van der Waals surface area contributed by atoms with E-state index in [1.807, 2.05) is 0 Å². The molecule has 0 saturated carbocycles. The van der Waals surface area contributed by atoms with Crippen LogP contribution in [-0.2, 0) is 22.7 Å². The molecule has 5 atom stereocenters. The van der Waals surface area contributed by atoms with E-state index in [0.29, 0.717) is 0 Å². The standard InChI is InChI=1S/C10H15N5O12P2/c11-9-13-6-3(7(18)14-9)12-2-15(6)8-4(16)5(17)10(19,26-8)1-25-29(23,24)27-28(20,21)22/h2,4-5,8,16-17,19H,1H2,(H,23,24)(H2,20,21,22)(H3,11,13,14,18)/t4-,5+,8-,10-/m1/s1. The molecule has 0 amide bonds. The minimum atomic E-state index is -5.42. The van der Waals surface area contributed by atoms with Crippen LogP contribution in [0.5, 0.6) is 0 Å². The zero-order valence-electron chi connectivity index (χ0n) is 14.0. The number of nitrogens with one attached hydrogen (secondary N) is 1. The van der Waals surface area contributed by atoms with Gasteiger partial charge in [-0.05, 0) is 0 Å². The van der Waals surface area contributed by atoms with Gasteiger partial charge in [-0.3, -0.25) is 18.9 Å². The van der Waals surface area contributed by atoms with Gasteiger partial charge in [0.2, 0.25) is 11.7 Å². The number of imidazole rings is 1. The lowest BCUT2D eigenvalue weighted by Crippen LogP contribution is -2.46. The molecule has 0 radical (unpaired) electrons. The summed E-state index contributed by atoms with van der Waals surface area (Å²) in [5.41, 5.74) is 4.35. The first-order chi connectivity index (χ1) is 13.2. The van der Waals surface area contributed by atoms with E-state index in [4.69, 9.17) is 20.3 Å². The van der Waals surface area contributed by atoms with Crippen molar-refractivity contribution in [2.45, 2.75) is 24.2 Å². The van der Waals surface area contributed by atoms with Crippen molar-refractivity contribution in [2.75, 3.05) is 12.3 Å². The van der Waals surface area contributed by atoms with Crippen LogP contribution in [0.4, 0.5) is 5.95 Å². The summed E-state index contributed by atoms with van der Waals surface area (Å²) in [6, 6.07) is 0. The Morgan fingerprint density at radius 3 is 2.62 bits per heavy atom. The predicted molar refractivity (Wildman–Crippen MR) is 88.6 cm³/mol. The van der Waals surface area contributed by atoms with E-state index in [9.17, 15) is 34.1 Å². The predicted octanol–water partition coefficient (Wildman–Crippen LogP) is -3.13. The number of rotatable bonds is 6. The molecule has 2 aromatic heterocycles. The Labute approximate surface area is 159 Å². The highest BCUT2D eigenvalue weighted by atomic mass is 31.3. The molecule has 0 aliphatic carbocycles. The van der Waals surface area contributed by atoms with Gasteiger partial charge in [-0.2, -0.15) is 9.29 Å². The summed E-state index contributed by atoms with van der Waals surface area (Å²) in [5, 5.41) is 30.6. The maximum atomic E-state index is 11.8. The van der Waals surface area contributed by atoms with Crippen molar-refractivity contribution in [3.63, 3.8) is 0 Å². The van der Waals surface area contributed by atoms with Crippen molar-refractivity contribution in [2.24, 2.45) is 0 Å². The average Bonchev–Trinajstić information content (AvgIpc) is 3.07. The first kappa shape index (κ1) is 21.9. The highest BCUT2D eigenvalue weighted by Gasteiger charge is 2.56. The number of fused-ring (bicyclic) bond motifs is 1. The number of hydrogen-bond donors (Lipinski definition) is 8. The number of aliphatic hydroxyl groups excluding tert-OH is 2. The number of phosphoric acid groups is 2. The van der Waals surface area contributed by atoms with Crippen molar-refractivity contribution in [1.82, 2.24) is 19.5 Å². The highest BCUT2D eigenvalue weighted by Crippen LogP contribution is 2.58. The molecule has 0 aromatic carbocycles. The summed E-state index contributed by atoms with van der Waals surface area (Å²) < 4.78 is 36.0. The number of nitrogens with two attached hydrogens (primary N) is 1. The number of ether oxygens (including phenoxy) is 1. The number of anilines is 1. The maximum absolute atomic E-state index is 11.8. The number of aliphatic hydroxyl groups is 3. The van der Waals surface area contributed by atoms with E-state index < -0.39 is 52.0 Å². The zero-order valence-corrected chi connectivity index (χ0v) is 15.8. The fraction of sp³-hybridized carbons (Fsp3) is 0.500. The van der Waals surface area contributed by atoms with Gasteiger partial charge in [0.15, 0.2) is 17.4 Å². The molecule has 1 saturated heterocycles. The molecule has 17 nitrogen and oxygen atoms in total. The first-order valence-electron chi connectivity index (χ1n) is 7.45. The Hall–Kier alpha value is -1.75. The van der Waals surface area contributed by atoms with Crippen LogP contribution in [0.25, 0.3) is 11.2 Å². The molecular formula is C10H15N5O12P2. The van der Waals surface area contributed by atoms with Crippen molar-refractivity contribution < 1.29 is 52.7 Å². The van der Waals surface area contributed by atoms with Crippen LogP contribution in [0.15, 0.2) is 11.1 Å². The third kappa shape index (κ3) is 4.40. The Kier molecular flexibility index (Phi) is 5.44. The van der Waals surface area contributed by atoms with E-state index in [1.54, 1.807) is 0 Å². The van der Waals surface area contributed by atoms with Crippen LogP contribution in [0.1, 0.15) is 6.23 Å². The van der Waals surface area contributed by atoms with Crippen LogP contribution in [0.3, 0.4) is 0 Å². The van der Waals surface area contributed by atoms with Crippen molar-refractivity contribution in [3.05, 3.63) is 16.7 Å². The van der Waals surface area contributed by atoms with Crippen molar-refractivity contribution in [1.29, 1.82) is 0 Å². The molecule has 19 heteroatoms. The maximum Gasteiger partial charge on any atom is 0.481 e. The van der Waals surface area contributed by atoms with Crippen LogP contribution in [0.2, 0.25) is 0 Å². The molecule has 29 heavy (non-hydrogen) atoms. The summed E-state index contributed by atoms with van der Waals surface area (Å²) >= 11 is 0. The van der Waals surface area contributed by atoms with Gasteiger partial charge in [0.25, 0.3) is 5.56 Å². The molecule has 2 aromatic rings. The summed E-state index contributed by atoms with van der Waals surface area (Å²) in [7, 11) is -10.8. The summed E-state index contributed by atoms with van der Waals surface area (Å²) in [5.74, 6) is -3.13. The van der Waals surface area contributed by atoms with Gasteiger partial charge in [0.1, 0.15) is 18.8 Å². The van der Waals surface area contributed by atoms with Gasteiger partial charge >= 0.3 is 15.6 Å². The number of aromatic amines is 1. The molecule has 162 valence electrons. The summed E-state index contributed by atoms with van der Waals surface area (Å²) in [4.78, 5) is 48.0. The molecule has 1 unspecified atom stereocenters. The van der Waals surface area contributed by atoms with Gasteiger partial charge in [-0.25, -0.2) is 14.1 Å². The van der Waals surface area contributed by atoms with Gasteiger partial charge in [0, 0.05) is 0 Å². The van der Waals surface area contributed by atoms with E-state index in [-0.39, 0.29) is 17.1 Å². The van der Waals surface area contributed by atoms with Crippen LogP contribution < -0.4 is 11.3 Å². The molecular weight excluding hydrogens is 444 g/mol. The molecule has 0 spiro atoms. The molecule has 9 N–H and O–H groups in total. The molecule has 1 aliphatic heterocycles. The second-order valence-corrected chi connectivity index (χ2v) is 8.71. The largest absolute Gasteiger partial charge is 0.481 e. The highest BCUT2D eigenvalue weighted by molar-refractivity contribution is 7.60. The lowest BCUT2D eigenvalue weighted by molar-refractivity contribution is -0.251. The lowest BCUT2D eigenvalue weighted by atomic mass is 10.1. The number of aromatic nitrogens is 4. The second kappa shape index (κ2) is 7.19. The third-order valence-electron chi connectivity index (χ3n) is 3.77. The quantitative estimate of drug-likeness (QED) is 0.198. The van der Waals surface area contributed by atoms with Crippen LogP contribution >= 0.6 is 15.6 Å². The molecule has 3 rings (SSSR count). The van der Waals surface area contributed by atoms with E-state index in [2.05, 4.69) is 23.8 Å². The van der Waals surface area contributed by atoms with E-state index >= 15 is 0 Å². The molecule has 1 fully saturated rings. The lowest BCUT2D eigenvalue weighted by Gasteiger charge is -2.26. The Bertz CT molecular complexity index is 1080. The topological polar surface area (TPSA) is 273 Å². The number of nitrogen functional groups attached to an aromatic ring is 1. The van der Waals surface area contributed by atoms with Gasteiger partial charge in [-0.15, -0.1) is 0 Å². The zero-order chi connectivity index (χ0) is 21.8. The molecule has 1 aliphatic rings. The van der Waals surface area contributed by atoms with E-state index in [1.165, 1.54) is 0 Å². The third-order valence-corrected chi connectivity index (χ3v) is 5.90. The monoisotopic (exact) mass is 459 g/mol. The van der Waals surface area contributed by atoms with Crippen molar-refractivity contribution >= 4 is 32.8 Å². The summed E-state index contributed by atoms with van der Waals surface area (Å²) in [6.45, 7) is -1.35. The average molecular weight is 459 g/mol. The van der Waals surface area contributed by atoms with Gasteiger partial charge in [0.05, 0.1) is 6.33 Å². The number of hydrogen-bond acceptors (Lipinski definition) is 12. The normalized spacial score (nSPS) is 29.9. The van der Waals surface area contributed by atoms with E-state index in [0.717, 1.165) is 10.9 Å². The SMILES string of the molecule is Nc1nc2c(ncn2[C@@H]2O[C@](O)(COP(=O)(O)OP(=O)(O)O)[C@@H](O)[C@H]2O)c(=O)[nH]1. The summed E-state index contributed by atoms with van der Waals surface area (Å²) in [6.07, 6.45) is -4.64. The fourth-order valence-corrected chi connectivity index (χ4v) is 4.19. The Morgan fingerprint density at radius 1 is 1.34 bits per heavy atom. The minimum Gasteiger partial charge on any atom is -0.385 e. The fourth-order valence-electron chi connectivity index (χ4n) is 2.57. The molecule has 0 bridgehead atoms. The van der Waals surface area contributed by atoms with Gasteiger partial charge < -0.3 is 40.5 Å². The van der Waals surface area contributed by atoms with Crippen LogP contribution in [-0.4, -0.2) is 74.1 Å². The molecule has 3 heterocycles. The Morgan fingerprint density at radius 2 is 2.00 bits per heavy atom. The number of nitrogens with zero attached hydrogens (tertiary/aromatic N) is 3. The smallest absolute Gasteiger partial charge is 0.385 e. The minimum absolute atomic E-state index is 0.176. The Balaban J connectivity index is 1.86. The van der Waals surface area contributed by atoms with Gasteiger partial charge in [-0.1, -0.05) is 0 Å².